The van der Waals surface area contributed by atoms with Crippen molar-refractivity contribution < 1.29 is 22.8 Å². The van der Waals surface area contributed by atoms with Crippen LogP contribution in [0.2, 0.25) is 0 Å². The van der Waals surface area contributed by atoms with Crippen molar-refractivity contribution in [3.05, 3.63) is 34.1 Å². The topological polar surface area (TPSA) is 34.1 Å². The number of rotatable bonds is 3. The van der Waals surface area contributed by atoms with Crippen molar-refractivity contribution in [2.24, 2.45) is 0 Å². The van der Waals surface area contributed by atoms with Crippen LogP contribution in [0.25, 0.3) is 0 Å². The molecular weight excluding hydrogens is 289 g/mol. The molecule has 0 saturated heterocycles. The van der Waals surface area contributed by atoms with Crippen molar-refractivity contribution in [2.75, 3.05) is 0 Å². The van der Waals surface area contributed by atoms with Crippen molar-refractivity contribution in [2.45, 2.75) is 12.8 Å². The third kappa shape index (κ3) is 2.32. The molecule has 0 atom stereocenters. The molecule has 0 spiro atoms. The molecule has 2 nitrogen and oxygen atoms in total. The zero-order chi connectivity index (χ0) is 12.5. The smallest absolute Gasteiger partial charge is 0.293 e. The summed E-state index contributed by atoms with van der Waals surface area (Å²) >= 11 is 2.78. The van der Waals surface area contributed by atoms with E-state index in [1.54, 1.807) is 0 Å². The molecule has 6 heteroatoms. The first-order chi connectivity index (χ1) is 7.26. The molecule has 0 aliphatic heterocycles. The Morgan fingerprint density at radius 3 is 2.31 bits per heavy atom. The van der Waals surface area contributed by atoms with E-state index < -0.39 is 28.9 Å². The van der Waals surface area contributed by atoms with E-state index in [1.165, 1.54) is 0 Å². The zero-order valence-electron chi connectivity index (χ0n) is 8.06. The van der Waals surface area contributed by atoms with Crippen molar-refractivity contribution in [1.82, 2.24) is 0 Å². The van der Waals surface area contributed by atoms with Gasteiger partial charge in [0.15, 0.2) is 0 Å². The maximum absolute atomic E-state index is 13.1. The Bertz CT molecular complexity index is 457. The van der Waals surface area contributed by atoms with E-state index in [0.717, 1.165) is 18.2 Å². The predicted molar refractivity (Wildman–Crippen MR) is 54.1 cm³/mol. The molecule has 0 heterocycles. The monoisotopic (exact) mass is 294 g/mol. The van der Waals surface area contributed by atoms with Gasteiger partial charge in [0, 0.05) is 17.0 Å². The summed E-state index contributed by atoms with van der Waals surface area (Å²) in [6.07, 6.45) is 0. The number of carbonyl (C=O) groups is 2. The third-order valence-corrected chi connectivity index (χ3v) is 2.56. The summed E-state index contributed by atoms with van der Waals surface area (Å²) in [6.45, 7) is 0.620. The van der Waals surface area contributed by atoms with Gasteiger partial charge < -0.3 is 0 Å². The molecule has 0 unspecified atom stereocenters. The van der Waals surface area contributed by atoms with Crippen LogP contribution in [0, 0.1) is 5.82 Å². The fraction of sp³-hybridized carbons (Fsp3) is 0.200. The lowest BCUT2D eigenvalue weighted by Crippen LogP contribution is -2.36. The van der Waals surface area contributed by atoms with Crippen LogP contribution in [0.15, 0.2) is 22.7 Å². The second-order valence-corrected chi connectivity index (χ2v) is 3.94. The number of halogens is 4. The molecule has 0 aliphatic rings. The highest BCUT2D eigenvalue weighted by Crippen LogP contribution is 2.26. The summed E-state index contributed by atoms with van der Waals surface area (Å²) in [6, 6.07) is 2.65. The summed E-state index contributed by atoms with van der Waals surface area (Å²) in [5.74, 6) is -7.95. The highest BCUT2D eigenvalue weighted by atomic mass is 79.9. The maximum Gasteiger partial charge on any atom is 0.366 e. The van der Waals surface area contributed by atoms with Crippen LogP contribution in [-0.4, -0.2) is 17.5 Å². The van der Waals surface area contributed by atoms with Gasteiger partial charge in [0.1, 0.15) is 5.82 Å². The largest absolute Gasteiger partial charge is 0.366 e. The lowest BCUT2D eigenvalue weighted by atomic mass is 10.0. The van der Waals surface area contributed by atoms with Gasteiger partial charge in [-0.25, -0.2) is 4.39 Å². The number of hydrogen-bond donors (Lipinski definition) is 0. The minimum Gasteiger partial charge on any atom is -0.293 e. The van der Waals surface area contributed by atoms with Gasteiger partial charge in [-0.2, -0.15) is 8.78 Å². The highest BCUT2D eigenvalue weighted by Gasteiger charge is 2.45. The molecule has 0 saturated carbocycles. The summed E-state index contributed by atoms with van der Waals surface area (Å²) in [7, 11) is 0. The molecule has 0 radical (unpaired) electrons. The molecule has 1 aromatic rings. The fourth-order valence-electron chi connectivity index (χ4n) is 1.00. The predicted octanol–water partition coefficient (Wildman–Crippen LogP) is 3.00. The molecule has 0 N–H and O–H groups in total. The van der Waals surface area contributed by atoms with E-state index in [-0.39, 0.29) is 4.47 Å². The molecule has 16 heavy (non-hydrogen) atoms. The third-order valence-electron chi connectivity index (χ3n) is 1.90. The Morgan fingerprint density at radius 1 is 1.31 bits per heavy atom. The van der Waals surface area contributed by atoms with Crippen LogP contribution in [0.4, 0.5) is 13.2 Å². The van der Waals surface area contributed by atoms with Crippen LogP contribution in [-0.2, 0) is 4.79 Å². The van der Waals surface area contributed by atoms with Crippen LogP contribution in [0.5, 0.6) is 0 Å². The lowest BCUT2D eigenvalue weighted by molar-refractivity contribution is -0.134. The Hall–Kier alpha value is -1.17. The van der Waals surface area contributed by atoms with E-state index in [4.69, 9.17) is 0 Å². The second-order valence-electron chi connectivity index (χ2n) is 3.08. The van der Waals surface area contributed by atoms with Gasteiger partial charge in [-0.05, 0) is 34.1 Å². The first kappa shape index (κ1) is 12.9. The van der Waals surface area contributed by atoms with Gasteiger partial charge in [-0.1, -0.05) is 0 Å². The average molecular weight is 295 g/mol. The van der Waals surface area contributed by atoms with Gasteiger partial charge in [0.05, 0.1) is 0 Å². The maximum atomic E-state index is 13.1. The SMILES string of the molecule is CC(=O)C(F)(F)C(=O)c1ccc(F)cc1Br. The number of Topliss-reactive ketones (excluding diaryl/α,β-unsaturated/α-hetero) is 2. The molecular formula is C10H6BrF3O2. The molecule has 0 bridgehead atoms. The number of ketones is 2. The lowest BCUT2D eigenvalue weighted by Gasteiger charge is -2.12. The van der Waals surface area contributed by atoms with Crippen molar-refractivity contribution in [1.29, 1.82) is 0 Å². The minimum absolute atomic E-state index is 0.113. The fourth-order valence-corrected chi connectivity index (χ4v) is 1.53. The standard InChI is InChI=1S/C10H6BrF3O2/c1-5(15)10(13,14)9(16)7-3-2-6(12)4-8(7)11/h2-4H,1H3. The minimum atomic E-state index is -4.08. The Kier molecular flexibility index (Phi) is 3.52. The van der Waals surface area contributed by atoms with Crippen molar-refractivity contribution in [3.63, 3.8) is 0 Å². The van der Waals surface area contributed by atoms with E-state index in [9.17, 15) is 22.8 Å². The Balaban J connectivity index is 3.20. The molecule has 0 fully saturated rings. The number of alkyl halides is 2. The van der Waals surface area contributed by atoms with E-state index in [0.29, 0.717) is 6.92 Å². The van der Waals surface area contributed by atoms with E-state index in [2.05, 4.69) is 15.9 Å². The first-order valence-electron chi connectivity index (χ1n) is 4.15. The molecule has 1 rings (SSSR count). The molecule has 1 aromatic carbocycles. The number of hydrogen-bond acceptors (Lipinski definition) is 2. The summed E-state index contributed by atoms with van der Waals surface area (Å²) in [5, 5.41) is 0. The number of carbonyl (C=O) groups excluding carboxylic acids is 2. The van der Waals surface area contributed by atoms with Crippen LogP contribution in [0.1, 0.15) is 17.3 Å². The van der Waals surface area contributed by atoms with Gasteiger partial charge in [-0.3, -0.25) is 9.59 Å². The first-order valence-corrected chi connectivity index (χ1v) is 4.95. The molecule has 0 amide bonds. The highest BCUT2D eigenvalue weighted by molar-refractivity contribution is 9.10. The quantitative estimate of drug-likeness (QED) is 0.634. The average Bonchev–Trinajstić information content (AvgIpc) is 2.16. The second kappa shape index (κ2) is 4.37. The van der Waals surface area contributed by atoms with Crippen LogP contribution < -0.4 is 0 Å². The number of benzene rings is 1. The Morgan fingerprint density at radius 2 is 1.88 bits per heavy atom. The van der Waals surface area contributed by atoms with Gasteiger partial charge in [-0.15, -0.1) is 0 Å². The van der Waals surface area contributed by atoms with E-state index >= 15 is 0 Å². The van der Waals surface area contributed by atoms with Crippen molar-refractivity contribution >= 4 is 27.5 Å². The summed E-state index contributed by atoms with van der Waals surface area (Å²) in [5.41, 5.74) is -0.429. The van der Waals surface area contributed by atoms with Crippen LogP contribution in [0.3, 0.4) is 0 Å². The van der Waals surface area contributed by atoms with Crippen LogP contribution >= 0.6 is 15.9 Å². The van der Waals surface area contributed by atoms with Gasteiger partial charge in [0.25, 0.3) is 0 Å². The Labute approximate surface area is 97.6 Å². The zero-order valence-corrected chi connectivity index (χ0v) is 9.65. The summed E-state index contributed by atoms with van der Waals surface area (Å²) < 4.78 is 38.7. The summed E-state index contributed by atoms with van der Waals surface area (Å²) in [4.78, 5) is 21.9. The molecule has 0 aromatic heterocycles. The normalized spacial score (nSPS) is 11.3. The van der Waals surface area contributed by atoms with Gasteiger partial charge in [0.2, 0.25) is 11.6 Å². The van der Waals surface area contributed by atoms with Gasteiger partial charge >= 0.3 is 5.92 Å². The van der Waals surface area contributed by atoms with E-state index in [1.807, 2.05) is 0 Å². The molecule has 86 valence electrons. The van der Waals surface area contributed by atoms with Crippen molar-refractivity contribution in [3.8, 4) is 0 Å². The molecule has 0 aliphatic carbocycles.